The Balaban J connectivity index is 1.89. The lowest BCUT2D eigenvalue weighted by molar-refractivity contribution is 0.600. The van der Waals surface area contributed by atoms with Crippen molar-refractivity contribution in [2.75, 3.05) is 4.72 Å². The van der Waals surface area contributed by atoms with Crippen LogP contribution >= 0.6 is 11.3 Å². The van der Waals surface area contributed by atoms with Gasteiger partial charge in [-0.2, -0.15) is 5.26 Å². The first-order chi connectivity index (χ1) is 9.60. The van der Waals surface area contributed by atoms with Crippen LogP contribution in [0.3, 0.4) is 0 Å². The zero-order chi connectivity index (χ0) is 14.2. The maximum Gasteiger partial charge on any atom is 0.266 e. The molecule has 20 heavy (non-hydrogen) atoms. The standard InChI is InChI=1S/C12H10N4O2S2/c13-6-9-11(2-1-5-14-9)20(17,18)16-12-15-10(7-19-12)8-3-4-8/h1-2,5,7-8H,3-4H2,(H,15,16). The molecule has 102 valence electrons. The molecule has 1 aliphatic carbocycles. The third kappa shape index (κ3) is 2.50. The molecule has 1 N–H and O–H groups in total. The van der Waals surface area contributed by atoms with Crippen LogP contribution in [-0.2, 0) is 10.0 Å². The minimum Gasteiger partial charge on any atom is -0.255 e. The van der Waals surface area contributed by atoms with Gasteiger partial charge in [0.1, 0.15) is 11.0 Å². The van der Waals surface area contributed by atoms with Crippen molar-refractivity contribution in [3.8, 4) is 6.07 Å². The van der Waals surface area contributed by atoms with E-state index in [1.54, 1.807) is 6.07 Å². The maximum absolute atomic E-state index is 12.2. The summed E-state index contributed by atoms with van der Waals surface area (Å²) in [7, 11) is -3.84. The summed E-state index contributed by atoms with van der Waals surface area (Å²) in [5.74, 6) is 0.470. The van der Waals surface area contributed by atoms with Gasteiger partial charge in [-0.25, -0.2) is 18.4 Å². The quantitative estimate of drug-likeness (QED) is 0.933. The van der Waals surface area contributed by atoms with Crippen LogP contribution in [0.5, 0.6) is 0 Å². The number of hydrogen-bond donors (Lipinski definition) is 1. The summed E-state index contributed by atoms with van der Waals surface area (Å²) >= 11 is 1.25. The number of nitriles is 1. The predicted octanol–water partition coefficient (Wildman–Crippen LogP) is 2.09. The summed E-state index contributed by atoms with van der Waals surface area (Å²) in [5, 5.41) is 11.1. The van der Waals surface area contributed by atoms with E-state index in [0.29, 0.717) is 11.0 Å². The molecule has 0 spiro atoms. The van der Waals surface area contributed by atoms with Gasteiger partial charge in [-0.15, -0.1) is 11.3 Å². The highest BCUT2D eigenvalue weighted by Gasteiger charge is 2.27. The maximum atomic E-state index is 12.2. The lowest BCUT2D eigenvalue weighted by atomic mass is 10.3. The van der Waals surface area contributed by atoms with Crippen LogP contribution in [0.15, 0.2) is 28.6 Å². The highest BCUT2D eigenvalue weighted by molar-refractivity contribution is 7.93. The summed E-state index contributed by atoms with van der Waals surface area (Å²) in [6.07, 6.45) is 3.60. The number of hydrogen-bond acceptors (Lipinski definition) is 6. The normalized spacial score (nSPS) is 14.8. The summed E-state index contributed by atoms with van der Waals surface area (Å²) < 4.78 is 26.9. The first-order valence-electron chi connectivity index (χ1n) is 5.93. The molecule has 0 aliphatic heterocycles. The molecule has 2 aromatic rings. The zero-order valence-corrected chi connectivity index (χ0v) is 11.9. The molecule has 1 fully saturated rings. The monoisotopic (exact) mass is 306 g/mol. The molecule has 6 nitrogen and oxygen atoms in total. The number of aromatic nitrogens is 2. The molecule has 0 bridgehead atoms. The SMILES string of the molecule is N#Cc1ncccc1S(=O)(=O)Nc1nc(C2CC2)cs1. The molecular weight excluding hydrogens is 296 g/mol. The molecule has 8 heteroatoms. The number of nitrogens with zero attached hydrogens (tertiary/aromatic N) is 3. The summed E-state index contributed by atoms with van der Waals surface area (Å²) in [6.45, 7) is 0. The Morgan fingerprint density at radius 1 is 1.45 bits per heavy atom. The largest absolute Gasteiger partial charge is 0.266 e. The van der Waals surface area contributed by atoms with Crippen LogP contribution in [0, 0.1) is 11.3 Å². The Labute approximate surface area is 120 Å². The van der Waals surface area contributed by atoms with Crippen molar-refractivity contribution in [1.82, 2.24) is 9.97 Å². The Morgan fingerprint density at radius 3 is 2.95 bits per heavy atom. The minimum absolute atomic E-state index is 0.126. The minimum atomic E-state index is -3.84. The summed E-state index contributed by atoms with van der Waals surface area (Å²) in [5.41, 5.74) is 0.804. The molecule has 0 atom stereocenters. The number of thiazole rings is 1. The topological polar surface area (TPSA) is 95.7 Å². The van der Waals surface area contributed by atoms with Crippen molar-refractivity contribution < 1.29 is 8.42 Å². The van der Waals surface area contributed by atoms with E-state index in [-0.39, 0.29) is 10.6 Å². The van der Waals surface area contributed by atoms with Gasteiger partial charge in [-0.05, 0) is 25.0 Å². The molecule has 3 rings (SSSR count). The number of sulfonamides is 1. The van der Waals surface area contributed by atoms with E-state index in [0.717, 1.165) is 18.5 Å². The van der Waals surface area contributed by atoms with Crippen molar-refractivity contribution >= 4 is 26.5 Å². The third-order valence-electron chi connectivity index (χ3n) is 2.91. The van der Waals surface area contributed by atoms with E-state index in [1.807, 2.05) is 5.38 Å². The van der Waals surface area contributed by atoms with Crippen LogP contribution in [-0.4, -0.2) is 18.4 Å². The molecule has 0 saturated heterocycles. The van der Waals surface area contributed by atoms with Gasteiger partial charge in [-0.3, -0.25) is 4.72 Å². The number of rotatable bonds is 4. The first kappa shape index (κ1) is 13.0. The lowest BCUT2D eigenvalue weighted by Crippen LogP contribution is -2.14. The van der Waals surface area contributed by atoms with Gasteiger partial charge in [0.05, 0.1) is 5.69 Å². The average Bonchev–Trinajstić information content (AvgIpc) is 3.20. The lowest BCUT2D eigenvalue weighted by Gasteiger charge is -2.05. The fourth-order valence-corrected chi connectivity index (χ4v) is 3.91. The molecule has 0 amide bonds. The van der Waals surface area contributed by atoms with Crippen molar-refractivity contribution in [3.05, 3.63) is 35.1 Å². The van der Waals surface area contributed by atoms with Gasteiger partial charge in [0.25, 0.3) is 10.0 Å². The second kappa shape index (κ2) is 4.85. The van der Waals surface area contributed by atoms with Gasteiger partial charge in [0, 0.05) is 17.5 Å². The molecule has 0 aromatic carbocycles. The predicted molar refractivity (Wildman–Crippen MR) is 73.8 cm³/mol. The van der Waals surface area contributed by atoms with Gasteiger partial charge in [0.2, 0.25) is 0 Å². The van der Waals surface area contributed by atoms with Crippen LogP contribution in [0.25, 0.3) is 0 Å². The fraction of sp³-hybridized carbons (Fsp3) is 0.250. The highest BCUT2D eigenvalue weighted by Crippen LogP contribution is 2.41. The van der Waals surface area contributed by atoms with Gasteiger partial charge in [-0.1, -0.05) is 0 Å². The zero-order valence-electron chi connectivity index (χ0n) is 10.3. The highest BCUT2D eigenvalue weighted by atomic mass is 32.2. The number of anilines is 1. The van der Waals surface area contributed by atoms with Crippen LogP contribution < -0.4 is 4.72 Å². The molecule has 0 radical (unpaired) electrons. The van der Waals surface area contributed by atoms with Crippen molar-refractivity contribution in [3.63, 3.8) is 0 Å². The van der Waals surface area contributed by atoms with Gasteiger partial charge in [0.15, 0.2) is 10.8 Å². The molecule has 1 saturated carbocycles. The number of nitrogens with one attached hydrogen (secondary N) is 1. The van der Waals surface area contributed by atoms with Crippen LogP contribution in [0.4, 0.5) is 5.13 Å². The van der Waals surface area contributed by atoms with Crippen LogP contribution in [0.2, 0.25) is 0 Å². The average molecular weight is 306 g/mol. The van der Waals surface area contributed by atoms with Crippen molar-refractivity contribution in [2.45, 2.75) is 23.7 Å². The smallest absolute Gasteiger partial charge is 0.255 e. The van der Waals surface area contributed by atoms with E-state index >= 15 is 0 Å². The number of pyridine rings is 1. The fourth-order valence-electron chi connectivity index (χ4n) is 1.76. The van der Waals surface area contributed by atoms with E-state index in [9.17, 15) is 8.42 Å². The van der Waals surface area contributed by atoms with Crippen molar-refractivity contribution in [2.24, 2.45) is 0 Å². The van der Waals surface area contributed by atoms with E-state index in [1.165, 1.54) is 29.7 Å². The second-order valence-electron chi connectivity index (χ2n) is 4.42. The van der Waals surface area contributed by atoms with E-state index in [2.05, 4.69) is 14.7 Å². The molecule has 0 unspecified atom stereocenters. The van der Waals surface area contributed by atoms with E-state index in [4.69, 9.17) is 5.26 Å². The molecule has 1 aliphatic rings. The molecule has 2 heterocycles. The Morgan fingerprint density at radius 2 is 2.25 bits per heavy atom. The summed E-state index contributed by atoms with van der Waals surface area (Å²) in [4.78, 5) is 7.88. The van der Waals surface area contributed by atoms with Crippen LogP contribution in [0.1, 0.15) is 30.1 Å². The Kier molecular flexibility index (Phi) is 3.16. The summed E-state index contributed by atoms with van der Waals surface area (Å²) in [6, 6.07) is 4.60. The molecular formula is C12H10N4O2S2. The Hall–Kier alpha value is -1.98. The Bertz CT molecular complexity index is 788. The molecule has 2 aromatic heterocycles. The third-order valence-corrected chi connectivity index (χ3v) is 5.18. The second-order valence-corrected chi connectivity index (χ2v) is 6.93. The first-order valence-corrected chi connectivity index (χ1v) is 8.30. The van der Waals surface area contributed by atoms with Crippen molar-refractivity contribution in [1.29, 1.82) is 5.26 Å². The van der Waals surface area contributed by atoms with E-state index < -0.39 is 10.0 Å². The van der Waals surface area contributed by atoms with Gasteiger partial charge >= 0.3 is 0 Å². The van der Waals surface area contributed by atoms with Gasteiger partial charge < -0.3 is 0 Å².